The second-order valence-corrected chi connectivity index (χ2v) is 8.46. The molecule has 0 aliphatic carbocycles. The van der Waals surface area contributed by atoms with Gasteiger partial charge in [0.05, 0.1) is 11.5 Å². The largest absolute Gasteiger partial charge is 0.383 e. The standard InChI is InChI=1S/C20H26N4O5S/c1-14(13-29-2)24-30(27,28)17-10-8-16(9-11-17)22-19(25)18(23-20(21)26)12-15-6-4-3-5-7-15/h3-11,14,18,24H,12-13H2,1-2H3,(H,22,25)(H3,21,23,26)/t14-,18-/m1/s1. The summed E-state index contributed by atoms with van der Waals surface area (Å²) in [7, 11) is -2.23. The van der Waals surface area contributed by atoms with Crippen LogP contribution >= 0.6 is 0 Å². The van der Waals surface area contributed by atoms with Gasteiger partial charge >= 0.3 is 6.03 Å². The number of carbonyl (C=O) groups is 2. The van der Waals surface area contributed by atoms with Gasteiger partial charge in [0.1, 0.15) is 6.04 Å². The average molecular weight is 435 g/mol. The second kappa shape index (κ2) is 10.7. The number of urea groups is 1. The zero-order valence-corrected chi connectivity index (χ0v) is 17.6. The fraction of sp³-hybridized carbons (Fsp3) is 0.300. The number of benzene rings is 2. The Morgan fingerprint density at radius 3 is 2.27 bits per heavy atom. The molecular formula is C20H26N4O5S. The lowest BCUT2D eigenvalue weighted by Crippen LogP contribution is -2.47. The molecule has 0 radical (unpaired) electrons. The number of rotatable bonds is 10. The summed E-state index contributed by atoms with van der Waals surface area (Å²) in [4.78, 5) is 24.0. The fourth-order valence-electron chi connectivity index (χ4n) is 2.79. The van der Waals surface area contributed by atoms with E-state index in [4.69, 9.17) is 10.5 Å². The highest BCUT2D eigenvalue weighted by atomic mass is 32.2. The highest BCUT2D eigenvalue weighted by Crippen LogP contribution is 2.15. The average Bonchev–Trinajstić information content (AvgIpc) is 2.68. The highest BCUT2D eigenvalue weighted by molar-refractivity contribution is 7.89. The summed E-state index contributed by atoms with van der Waals surface area (Å²) < 4.78 is 32.2. The number of hydrogen-bond acceptors (Lipinski definition) is 5. The Morgan fingerprint density at radius 1 is 1.07 bits per heavy atom. The summed E-state index contributed by atoms with van der Waals surface area (Å²) in [5.41, 5.74) is 6.43. The summed E-state index contributed by atoms with van der Waals surface area (Å²) in [5, 5.41) is 5.09. The molecule has 30 heavy (non-hydrogen) atoms. The third-order valence-corrected chi connectivity index (χ3v) is 5.73. The summed E-state index contributed by atoms with van der Waals surface area (Å²) >= 11 is 0. The van der Waals surface area contributed by atoms with Gasteiger partial charge in [-0.3, -0.25) is 4.79 Å². The molecule has 0 aliphatic heterocycles. The van der Waals surface area contributed by atoms with E-state index >= 15 is 0 Å². The van der Waals surface area contributed by atoms with Crippen LogP contribution in [0.5, 0.6) is 0 Å². The lowest BCUT2D eigenvalue weighted by Gasteiger charge is -2.18. The maximum absolute atomic E-state index is 12.6. The van der Waals surface area contributed by atoms with E-state index in [1.807, 2.05) is 30.3 Å². The molecule has 2 aromatic carbocycles. The number of sulfonamides is 1. The van der Waals surface area contributed by atoms with Crippen molar-refractivity contribution in [2.75, 3.05) is 19.0 Å². The molecular weight excluding hydrogens is 408 g/mol. The van der Waals surface area contributed by atoms with Gasteiger partial charge in [0.15, 0.2) is 0 Å². The minimum atomic E-state index is -3.72. The van der Waals surface area contributed by atoms with Crippen molar-refractivity contribution >= 4 is 27.6 Å². The Balaban J connectivity index is 2.08. The van der Waals surface area contributed by atoms with E-state index in [0.717, 1.165) is 5.56 Å². The number of nitrogens with two attached hydrogens (primary N) is 1. The normalized spacial score (nSPS) is 13.3. The van der Waals surface area contributed by atoms with Crippen LogP contribution in [0.25, 0.3) is 0 Å². The number of anilines is 1. The first kappa shape index (κ1) is 23.3. The van der Waals surface area contributed by atoms with E-state index < -0.39 is 34.0 Å². The van der Waals surface area contributed by atoms with Gasteiger partial charge in [-0.2, -0.15) is 0 Å². The van der Waals surface area contributed by atoms with Crippen LogP contribution < -0.4 is 21.1 Å². The zero-order chi connectivity index (χ0) is 22.1. The van der Waals surface area contributed by atoms with Crippen LogP contribution in [-0.4, -0.2) is 46.2 Å². The third kappa shape index (κ3) is 7.14. The number of primary amides is 1. The number of carbonyl (C=O) groups excluding carboxylic acids is 2. The molecule has 0 saturated heterocycles. The van der Waals surface area contributed by atoms with E-state index in [2.05, 4.69) is 15.4 Å². The smallest absolute Gasteiger partial charge is 0.312 e. The first-order valence-corrected chi connectivity index (χ1v) is 10.7. The molecule has 162 valence electrons. The highest BCUT2D eigenvalue weighted by Gasteiger charge is 2.21. The predicted octanol–water partition coefficient (Wildman–Crippen LogP) is 1.22. The van der Waals surface area contributed by atoms with E-state index in [-0.39, 0.29) is 17.9 Å². The van der Waals surface area contributed by atoms with Gasteiger partial charge in [-0.15, -0.1) is 0 Å². The summed E-state index contributed by atoms with van der Waals surface area (Å²) in [6, 6.07) is 12.8. The first-order chi connectivity index (χ1) is 14.2. The molecule has 2 aromatic rings. The van der Waals surface area contributed by atoms with Gasteiger partial charge in [-0.05, 0) is 36.8 Å². The third-order valence-electron chi connectivity index (χ3n) is 4.12. The quantitative estimate of drug-likeness (QED) is 0.445. The molecule has 5 N–H and O–H groups in total. The molecule has 0 saturated carbocycles. The summed E-state index contributed by atoms with van der Waals surface area (Å²) in [5.74, 6) is -0.472. The fourth-order valence-corrected chi connectivity index (χ4v) is 4.02. The van der Waals surface area contributed by atoms with Crippen molar-refractivity contribution < 1.29 is 22.7 Å². The Morgan fingerprint density at radius 2 is 1.70 bits per heavy atom. The van der Waals surface area contributed by atoms with Gasteiger partial charge in [0.25, 0.3) is 0 Å². The van der Waals surface area contributed by atoms with Gasteiger partial charge in [-0.1, -0.05) is 30.3 Å². The lowest BCUT2D eigenvalue weighted by molar-refractivity contribution is -0.117. The monoisotopic (exact) mass is 434 g/mol. The van der Waals surface area contributed by atoms with E-state index in [1.54, 1.807) is 6.92 Å². The van der Waals surface area contributed by atoms with Crippen molar-refractivity contribution in [3.05, 3.63) is 60.2 Å². The van der Waals surface area contributed by atoms with Crippen molar-refractivity contribution in [1.29, 1.82) is 0 Å². The second-order valence-electron chi connectivity index (χ2n) is 6.74. The molecule has 2 atom stereocenters. The van der Waals surface area contributed by atoms with Crippen molar-refractivity contribution in [2.24, 2.45) is 5.73 Å². The molecule has 3 amide bonds. The number of methoxy groups -OCH3 is 1. The maximum atomic E-state index is 12.6. The number of ether oxygens (including phenoxy) is 1. The Bertz CT molecular complexity index is 949. The van der Waals surface area contributed by atoms with Gasteiger partial charge in [0, 0.05) is 25.3 Å². The SMILES string of the molecule is COC[C@@H](C)NS(=O)(=O)c1ccc(NC(=O)[C@@H](Cc2ccccc2)NC(N)=O)cc1. The molecule has 10 heteroatoms. The number of nitrogens with one attached hydrogen (secondary N) is 3. The van der Waals surface area contributed by atoms with Gasteiger partial charge in [-0.25, -0.2) is 17.9 Å². The minimum absolute atomic E-state index is 0.0551. The Labute approximate surface area is 176 Å². The van der Waals surface area contributed by atoms with E-state index in [0.29, 0.717) is 5.69 Å². The molecule has 2 rings (SSSR count). The Kier molecular flexibility index (Phi) is 8.34. The molecule has 0 bridgehead atoms. The number of amides is 3. The van der Waals surface area contributed by atoms with Crippen LogP contribution in [0.4, 0.5) is 10.5 Å². The minimum Gasteiger partial charge on any atom is -0.383 e. The maximum Gasteiger partial charge on any atom is 0.312 e. The lowest BCUT2D eigenvalue weighted by atomic mass is 10.1. The predicted molar refractivity (Wildman–Crippen MR) is 113 cm³/mol. The molecule has 0 heterocycles. The molecule has 9 nitrogen and oxygen atoms in total. The Hall–Kier alpha value is -2.95. The van der Waals surface area contributed by atoms with Crippen LogP contribution in [0, 0.1) is 0 Å². The molecule has 0 fully saturated rings. The van der Waals surface area contributed by atoms with Gasteiger partial charge < -0.3 is 21.1 Å². The van der Waals surface area contributed by atoms with Crippen LogP contribution in [0.15, 0.2) is 59.5 Å². The molecule has 0 aromatic heterocycles. The first-order valence-electron chi connectivity index (χ1n) is 9.23. The van der Waals surface area contributed by atoms with Crippen molar-refractivity contribution in [3.63, 3.8) is 0 Å². The van der Waals surface area contributed by atoms with Crippen LogP contribution in [0.1, 0.15) is 12.5 Å². The van der Waals surface area contributed by atoms with Crippen molar-refractivity contribution in [1.82, 2.24) is 10.0 Å². The molecule has 0 aliphatic rings. The van der Waals surface area contributed by atoms with Crippen molar-refractivity contribution in [2.45, 2.75) is 30.3 Å². The molecule has 0 unspecified atom stereocenters. The zero-order valence-electron chi connectivity index (χ0n) is 16.8. The number of hydrogen-bond donors (Lipinski definition) is 4. The molecule has 0 spiro atoms. The van der Waals surface area contributed by atoms with E-state index in [9.17, 15) is 18.0 Å². The topological polar surface area (TPSA) is 140 Å². The summed E-state index contributed by atoms with van der Waals surface area (Å²) in [6.07, 6.45) is 0.253. The summed E-state index contributed by atoms with van der Waals surface area (Å²) in [6.45, 7) is 1.93. The van der Waals surface area contributed by atoms with Crippen molar-refractivity contribution in [3.8, 4) is 0 Å². The van der Waals surface area contributed by atoms with Crippen LogP contribution in [0.3, 0.4) is 0 Å². The van der Waals surface area contributed by atoms with E-state index in [1.165, 1.54) is 31.4 Å². The van der Waals surface area contributed by atoms with Crippen LogP contribution in [-0.2, 0) is 26.0 Å². The van der Waals surface area contributed by atoms with Crippen LogP contribution in [0.2, 0.25) is 0 Å². The van der Waals surface area contributed by atoms with Gasteiger partial charge in [0.2, 0.25) is 15.9 Å².